The molecule has 0 atom stereocenters. The Labute approximate surface area is 61.0 Å². The normalized spacial score (nSPS) is 20.3. The fourth-order valence-corrected chi connectivity index (χ4v) is 0.593. The molecular formula is C7H13NO2. The Bertz CT molecular complexity index is 118. The SMILES string of the molecule is C1CO1.CCC1=NCCO1. The van der Waals surface area contributed by atoms with Crippen LogP contribution in [0.25, 0.3) is 0 Å². The van der Waals surface area contributed by atoms with Crippen molar-refractivity contribution in [2.75, 3.05) is 26.4 Å². The van der Waals surface area contributed by atoms with Crippen LogP contribution in [-0.4, -0.2) is 32.3 Å². The van der Waals surface area contributed by atoms with E-state index in [0.29, 0.717) is 0 Å². The Morgan fingerprint density at radius 3 is 2.30 bits per heavy atom. The van der Waals surface area contributed by atoms with E-state index in [2.05, 4.69) is 9.73 Å². The molecule has 0 saturated carbocycles. The van der Waals surface area contributed by atoms with Gasteiger partial charge < -0.3 is 9.47 Å². The van der Waals surface area contributed by atoms with E-state index in [0.717, 1.165) is 38.7 Å². The van der Waals surface area contributed by atoms with Crippen LogP contribution in [0.5, 0.6) is 0 Å². The van der Waals surface area contributed by atoms with Gasteiger partial charge in [0.05, 0.1) is 19.8 Å². The van der Waals surface area contributed by atoms with Crippen molar-refractivity contribution in [3.63, 3.8) is 0 Å². The minimum absolute atomic E-state index is 0.795. The number of ether oxygens (including phenoxy) is 2. The molecule has 0 unspecified atom stereocenters. The largest absolute Gasteiger partial charge is 0.479 e. The first kappa shape index (κ1) is 7.54. The van der Waals surface area contributed by atoms with Crippen molar-refractivity contribution in [2.24, 2.45) is 4.99 Å². The van der Waals surface area contributed by atoms with Gasteiger partial charge in [0.1, 0.15) is 6.61 Å². The van der Waals surface area contributed by atoms with Crippen molar-refractivity contribution in [3.8, 4) is 0 Å². The van der Waals surface area contributed by atoms with E-state index in [1.165, 1.54) is 0 Å². The summed E-state index contributed by atoms with van der Waals surface area (Å²) in [6, 6.07) is 0. The van der Waals surface area contributed by atoms with Gasteiger partial charge in [0, 0.05) is 6.42 Å². The third-order valence-electron chi connectivity index (χ3n) is 1.15. The van der Waals surface area contributed by atoms with E-state index >= 15 is 0 Å². The van der Waals surface area contributed by atoms with E-state index in [1.807, 2.05) is 6.92 Å². The molecule has 0 amide bonds. The first-order chi connectivity index (χ1) is 4.93. The summed E-state index contributed by atoms with van der Waals surface area (Å²) in [4.78, 5) is 4.05. The predicted octanol–water partition coefficient (Wildman–Crippen LogP) is 0.842. The number of hydrogen-bond donors (Lipinski definition) is 0. The summed E-state index contributed by atoms with van der Waals surface area (Å²) in [5.41, 5.74) is 0. The number of epoxide rings is 1. The van der Waals surface area contributed by atoms with Crippen LogP contribution in [0.3, 0.4) is 0 Å². The standard InChI is InChI=1S/C5H9NO.C2H4O/c1-2-5-6-3-4-7-5;1-2-3-1/h2-4H2,1H3;1-2H2. The van der Waals surface area contributed by atoms with Crippen LogP contribution in [0.15, 0.2) is 4.99 Å². The van der Waals surface area contributed by atoms with Gasteiger partial charge in [-0.25, -0.2) is 0 Å². The summed E-state index contributed by atoms with van der Waals surface area (Å²) < 4.78 is 9.55. The summed E-state index contributed by atoms with van der Waals surface area (Å²) in [7, 11) is 0. The summed E-state index contributed by atoms with van der Waals surface area (Å²) in [5.74, 6) is 0.917. The van der Waals surface area contributed by atoms with Gasteiger partial charge in [0.25, 0.3) is 0 Å². The Kier molecular flexibility index (Phi) is 3.22. The third kappa shape index (κ3) is 3.45. The lowest BCUT2D eigenvalue weighted by molar-refractivity contribution is 0.340. The van der Waals surface area contributed by atoms with Crippen LogP contribution in [0.2, 0.25) is 0 Å². The van der Waals surface area contributed by atoms with Gasteiger partial charge in [-0.05, 0) is 0 Å². The summed E-state index contributed by atoms with van der Waals surface area (Å²) in [6.07, 6.45) is 0.944. The Balaban J connectivity index is 0.000000138. The van der Waals surface area contributed by atoms with Crippen molar-refractivity contribution < 1.29 is 9.47 Å². The van der Waals surface area contributed by atoms with Gasteiger partial charge in [-0.1, -0.05) is 6.92 Å². The molecule has 0 radical (unpaired) electrons. The summed E-state index contributed by atoms with van der Waals surface area (Å²) >= 11 is 0. The average molecular weight is 143 g/mol. The van der Waals surface area contributed by atoms with Crippen molar-refractivity contribution in [1.82, 2.24) is 0 Å². The van der Waals surface area contributed by atoms with E-state index in [1.54, 1.807) is 0 Å². The van der Waals surface area contributed by atoms with E-state index in [4.69, 9.17) is 4.74 Å². The van der Waals surface area contributed by atoms with Gasteiger partial charge in [-0.15, -0.1) is 0 Å². The van der Waals surface area contributed by atoms with E-state index in [9.17, 15) is 0 Å². The molecule has 3 nitrogen and oxygen atoms in total. The highest BCUT2D eigenvalue weighted by atomic mass is 16.6. The second kappa shape index (κ2) is 4.28. The molecule has 0 N–H and O–H groups in total. The minimum Gasteiger partial charge on any atom is -0.479 e. The maximum atomic E-state index is 5.05. The van der Waals surface area contributed by atoms with E-state index in [-0.39, 0.29) is 0 Å². The fraction of sp³-hybridized carbons (Fsp3) is 0.857. The predicted molar refractivity (Wildman–Crippen MR) is 39.4 cm³/mol. The molecule has 3 heteroatoms. The minimum atomic E-state index is 0.795. The average Bonchev–Trinajstić information content (AvgIpc) is 2.75. The van der Waals surface area contributed by atoms with E-state index < -0.39 is 0 Å². The van der Waals surface area contributed by atoms with Crippen LogP contribution in [0.4, 0.5) is 0 Å². The number of rotatable bonds is 1. The lowest BCUT2D eigenvalue weighted by atomic mass is 10.5. The molecule has 0 aliphatic carbocycles. The Morgan fingerprint density at radius 1 is 1.40 bits per heavy atom. The van der Waals surface area contributed by atoms with Gasteiger partial charge in [0.15, 0.2) is 5.90 Å². The first-order valence-electron chi connectivity index (χ1n) is 3.67. The number of nitrogens with zero attached hydrogens (tertiary/aromatic N) is 1. The van der Waals surface area contributed by atoms with Gasteiger partial charge in [-0.2, -0.15) is 0 Å². The highest BCUT2D eigenvalue weighted by molar-refractivity contribution is 5.76. The molecule has 0 spiro atoms. The molecule has 2 aliphatic rings. The highest BCUT2D eigenvalue weighted by Gasteiger charge is 2.01. The number of hydrogen-bond acceptors (Lipinski definition) is 3. The molecule has 0 aromatic heterocycles. The van der Waals surface area contributed by atoms with Gasteiger partial charge >= 0.3 is 0 Å². The fourth-order valence-electron chi connectivity index (χ4n) is 0.593. The van der Waals surface area contributed by atoms with Crippen LogP contribution in [0.1, 0.15) is 13.3 Å². The molecule has 0 aromatic rings. The molecule has 1 saturated heterocycles. The zero-order valence-electron chi connectivity index (χ0n) is 6.30. The second-order valence-electron chi connectivity index (χ2n) is 2.09. The molecule has 10 heavy (non-hydrogen) atoms. The third-order valence-corrected chi connectivity index (χ3v) is 1.15. The molecule has 2 aliphatic heterocycles. The molecular weight excluding hydrogens is 130 g/mol. The maximum absolute atomic E-state index is 5.05. The van der Waals surface area contributed by atoms with Crippen LogP contribution in [-0.2, 0) is 9.47 Å². The first-order valence-corrected chi connectivity index (χ1v) is 3.67. The summed E-state index contributed by atoms with van der Waals surface area (Å²) in [6.45, 7) is 5.70. The van der Waals surface area contributed by atoms with Crippen molar-refractivity contribution in [1.29, 1.82) is 0 Å². The van der Waals surface area contributed by atoms with Crippen molar-refractivity contribution in [2.45, 2.75) is 13.3 Å². The van der Waals surface area contributed by atoms with Gasteiger partial charge in [0.2, 0.25) is 0 Å². The zero-order valence-corrected chi connectivity index (χ0v) is 6.30. The molecule has 0 aromatic carbocycles. The Hall–Kier alpha value is -0.570. The lowest BCUT2D eigenvalue weighted by Gasteiger charge is -1.91. The molecule has 58 valence electrons. The zero-order chi connectivity index (χ0) is 7.23. The topological polar surface area (TPSA) is 34.1 Å². The van der Waals surface area contributed by atoms with Crippen molar-refractivity contribution in [3.05, 3.63) is 0 Å². The maximum Gasteiger partial charge on any atom is 0.183 e. The number of aliphatic imine (C=N–C) groups is 1. The molecule has 0 bridgehead atoms. The lowest BCUT2D eigenvalue weighted by Crippen LogP contribution is -1.94. The summed E-state index contributed by atoms with van der Waals surface area (Å²) in [5, 5.41) is 0. The van der Waals surface area contributed by atoms with Crippen LogP contribution < -0.4 is 0 Å². The molecule has 2 rings (SSSR count). The molecule has 1 fully saturated rings. The molecule has 2 heterocycles. The van der Waals surface area contributed by atoms with Crippen molar-refractivity contribution >= 4 is 5.90 Å². The van der Waals surface area contributed by atoms with Crippen LogP contribution in [0, 0.1) is 0 Å². The van der Waals surface area contributed by atoms with Gasteiger partial charge in [-0.3, -0.25) is 4.99 Å². The smallest absolute Gasteiger partial charge is 0.183 e. The highest BCUT2D eigenvalue weighted by Crippen LogP contribution is 1.95. The second-order valence-corrected chi connectivity index (χ2v) is 2.09. The quantitative estimate of drug-likeness (QED) is 0.510. The Morgan fingerprint density at radius 2 is 2.10 bits per heavy atom. The van der Waals surface area contributed by atoms with Crippen LogP contribution >= 0.6 is 0 Å². The monoisotopic (exact) mass is 143 g/mol.